The first kappa shape index (κ1) is 12.6. The van der Waals surface area contributed by atoms with Crippen molar-refractivity contribution in [2.45, 2.75) is 13.3 Å². The van der Waals surface area contributed by atoms with Gasteiger partial charge < -0.3 is 15.4 Å². The van der Waals surface area contributed by atoms with Crippen molar-refractivity contribution in [3.8, 4) is 5.75 Å². The Hall–Kier alpha value is -1.42. The van der Waals surface area contributed by atoms with E-state index in [-0.39, 0.29) is 6.03 Å². The summed E-state index contributed by atoms with van der Waals surface area (Å²) in [7, 11) is 1.56. The molecule has 0 atom stereocenters. The number of rotatable bonds is 4. The average molecular weight is 243 g/mol. The Labute approximate surface area is 99.9 Å². The van der Waals surface area contributed by atoms with Crippen LogP contribution in [-0.2, 0) is 0 Å². The molecule has 16 heavy (non-hydrogen) atoms. The Balaban J connectivity index is 2.63. The van der Waals surface area contributed by atoms with Gasteiger partial charge in [-0.1, -0.05) is 18.5 Å². The minimum absolute atomic E-state index is 0.256. The quantitative estimate of drug-likeness (QED) is 0.853. The third-order valence-electron chi connectivity index (χ3n) is 1.96. The standard InChI is InChI=1S/C11H15ClN2O2/c1-3-6-13-11(15)14-10-5-4-8(16-2)7-9(10)12/h4-5,7H,3,6H2,1-2H3,(H2,13,14,15). The SMILES string of the molecule is CCCNC(=O)Nc1ccc(OC)cc1Cl. The van der Waals surface area contributed by atoms with Crippen molar-refractivity contribution in [1.29, 1.82) is 0 Å². The summed E-state index contributed by atoms with van der Waals surface area (Å²) in [5.41, 5.74) is 0.566. The summed E-state index contributed by atoms with van der Waals surface area (Å²) in [6, 6.07) is 4.83. The number of ether oxygens (including phenoxy) is 1. The molecule has 0 bridgehead atoms. The second-order valence-electron chi connectivity index (χ2n) is 3.23. The van der Waals surface area contributed by atoms with Gasteiger partial charge in [0, 0.05) is 12.6 Å². The molecule has 1 aromatic rings. The fourth-order valence-electron chi connectivity index (χ4n) is 1.13. The second kappa shape index (κ2) is 6.23. The van der Waals surface area contributed by atoms with Gasteiger partial charge in [0.25, 0.3) is 0 Å². The van der Waals surface area contributed by atoms with E-state index in [4.69, 9.17) is 16.3 Å². The van der Waals surface area contributed by atoms with Crippen LogP contribution in [0.4, 0.5) is 10.5 Å². The van der Waals surface area contributed by atoms with Gasteiger partial charge in [0.05, 0.1) is 17.8 Å². The minimum atomic E-state index is -0.256. The van der Waals surface area contributed by atoms with Crippen molar-refractivity contribution >= 4 is 23.3 Å². The van der Waals surface area contributed by atoms with Gasteiger partial charge in [-0.25, -0.2) is 4.79 Å². The summed E-state index contributed by atoms with van der Waals surface area (Å²) < 4.78 is 5.01. The van der Waals surface area contributed by atoms with E-state index in [1.54, 1.807) is 25.3 Å². The van der Waals surface area contributed by atoms with Gasteiger partial charge in [0.15, 0.2) is 0 Å². The highest BCUT2D eigenvalue weighted by Gasteiger charge is 2.05. The number of carbonyl (C=O) groups is 1. The largest absolute Gasteiger partial charge is 0.497 e. The van der Waals surface area contributed by atoms with Crippen LogP contribution in [0, 0.1) is 0 Å². The Bertz CT molecular complexity index is 369. The molecular weight excluding hydrogens is 228 g/mol. The molecule has 0 aromatic heterocycles. The maximum atomic E-state index is 11.4. The lowest BCUT2D eigenvalue weighted by molar-refractivity contribution is 0.252. The molecule has 0 aliphatic heterocycles. The zero-order chi connectivity index (χ0) is 12.0. The summed E-state index contributed by atoms with van der Waals surface area (Å²) in [6.07, 6.45) is 0.893. The highest BCUT2D eigenvalue weighted by molar-refractivity contribution is 6.33. The number of urea groups is 1. The molecule has 0 aliphatic carbocycles. The third-order valence-corrected chi connectivity index (χ3v) is 2.27. The van der Waals surface area contributed by atoms with Crippen LogP contribution >= 0.6 is 11.6 Å². The Morgan fingerprint density at radius 3 is 2.81 bits per heavy atom. The van der Waals surface area contributed by atoms with Crippen LogP contribution in [0.5, 0.6) is 5.75 Å². The van der Waals surface area contributed by atoms with Crippen molar-refractivity contribution in [3.63, 3.8) is 0 Å². The third kappa shape index (κ3) is 3.62. The van der Waals surface area contributed by atoms with Gasteiger partial charge in [-0.05, 0) is 18.6 Å². The molecule has 0 fully saturated rings. The lowest BCUT2D eigenvalue weighted by Gasteiger charge is -2.09. The van der Waals surface area contributed by atoms with E-state index < -0.39 is 0 Å². The molecule has 1 aromatic carbocycles. The molecule has 0 spiro atoms. The number of benzene rings is 1. The molecule has 5 heteroatoms. The van der Waals surface area contributed by atoms with Gasteiger partial charge in [0.1, 0.15) is 5.75 Å². The predicted octanol–water partition coefficient (Wildman–Crippen LogP) is 2.88. The van der Waals surface area contributed by atoms with Crippen LogP contribution in [-0.4, -0.2) is 19.7 Å². The first-order valence-electron chi connectivity index (χ1n) is 5.05. The normalized spacial score (nSPS) is 9.69. The Kier molecular flexibility index (Phi) is 4.92. The van der Waals surface area contributed by atoms with Gasteiger partial charge in [-0.3, -0.25) is 0 Å². The molecule has 0 saturated carbocycles. The van der Waals surface area contributed by atoms with Crippen molar-refractivity contribution in [2.75, 3.05) is 19.0 Å². The maximum Gasteiger partial charge on any atom is 0.319 e. The Morgan fingerprint density at radius 2 is 2.25 bits per heavy atom. The first-order valence-corrected chi connectivity index (χ1v) is 5.43. The van der Waals surface area contributed by atoms with E-state index in [0.29, 0.717) is 23.0 Å². The van der Waals surface area contributed by atoms with Gasteiger partial charge in [-0.15, -0.1) is 0 Å². The molecule has 0 saturated heterocycles. The lowest BCUT2D eigenvalue weighted by atomic mass is 10.3. The smallest absolute Gasteiger partial charge is 0.319 e. The highest BCUT2D eigenvalue weighted by Crippen LogP contribution is 2.26. The molecule has 4 nitrogen and oxygen atoms in total. The van der Waals surface area contributed by atoms with E-state index >= 15 is 0 Å². The summed E-state index contributed by atoms with van der Waals surface area (Å²) >= 11 is 5.96. The number of nitrogens with one attached hydrogen (secondary N) is 2. The first-order chi connectivity index (χ1) is 7.67. The number of amides is 2. The molecular formula is C11H15ClN2O2. The highest BCUT2D eigenvalue weighted by atomic mass is 35.5. The van der Waals surface area contributed by atoms with Crippen molar-refractivity contribution in [3.05, 3.63) is 23.2 Å². The number of halogens is 1. The summed E-state index contributed by atoms with van der Waals surface area (Å²) in [5.74, 6) is 0.657. The number of hydrogen-bond acceptors (Lipinski definition) is 2. The van der Waals surface area contributed by atoms with Crippen LogP contribution in [0.2, 0.25) is 5.02 Å². The predicted molar refractivity (Wildman–Crippen MR) is 65.3 cm³/mol. The maximum absolute atomic E-state index is 11.4. The molecule has 0 heterocycles. The molecule has 0 unspecified atom stereocenters. The molecule has 88 valence electrons. The van der Waals surface area contributed by atoms with E-state index in [0.717, 1.165) is 6.42 Å². The fraction of sp³-hybridized carbons (Fsp3) is 0.364. The molecule has 2 amide bonds. The summed E-state index contributed by atoms with van der Waals surface area (Å²) in [4.78, 5) is 11.4. The fourth-order valence-corrected chi connectivity index (χ4v) is 1.35. The lowest BCUT2D eigenvalue weighted by Crippen LogP contribution is -2.29. The topological polar surface area (TPSA) is 50.4 Å². The van der Waals surface area contributed by atoms with Crippen molar-refractivity contribution in [1.82, 2.24) is 5.32 Å². The van der Waals surface area contributed by atoms with E-state index in [2.05, 4.69) is 10.6 Å². The van der Waals surface area contributed by atoms with Crippen LogP contribution in [0.15, 0.2) is 18.2 Å². The van der Waals surface area contributed by atoms with Crippen molar-refractivity contribution in [2.24, 2.45) is 0 Å². The summed E-state index contributed by atoms with van der Waals surface area (Å²) in [6.45, 7) is 2.63. The van der Waals surface area contributed by atoms with Crippen molar-refractivity contribution < 1.29 is 9.53 Å². The van der Waals surface area contributed by atoms with Crippen LogP contribution in [0.3, 0.4) is 0 Å². The van der Waals surface area contributed by atoms with Crippen LogP contribution in [0.25, 0.3) is 0 Å². The van der Waals surface area contributed by atoms with E-state index in [9.17, 15) is 4.79 Å². The molecule has 2 N–H and O–H groups in total. The number of methoxy groups -OCH3 is 1. The number of hydrogen-bond donors (Lipinski definition) is 2. The number of carbonyl (C=O) groups excluding carboxylic acids is 1. The second-order valence-corrected chi connectivity index (χ2v) is 3.63. The van der Waals surface area contributed by atoms with Gasteiger partial charge in [-0.2, -0.15) is 0 Å². The minimum Gasteiger partial charge on any atom is -0.497 e. The van der Waals surface area contributed by atoms with E-state index in [1.807, 2.05) is 6.92 Å². The van der Waals surface area contributed by atoms with Gasteiger partial charge >= 0.3 is 6.03 Å². The monoisotopic (exact) mass is 242 g/mol. The van der Waals surface area contributed by atoms with Crippen LogP contribution < -0.4 is 15.4 Å². The Morgan fingerprint density at radius 1 is 1.50 bits per heavy atom. The van der Waals surface area contributed by atoms with E-state index in [1.165, 1.54) is 0 Å². The van der Waals surface area contributed by atoms with Gasteiger partial charge in [0.2, 0.25) is 0 Å². The average Bonchev–Trinajstić information content (AvgIpc) is 2.29. The molecule has 1 rings (SSSR count). The molecule has 0 radical (unpaired) electrons. The summed E-state index contributed by atoms with van der Waals surface area (Å²) in [5, 5.41) is 5.81. The van der Waals surface area contributed by atoms with Crippen LogP contribution in [0.1, 0.15) is 13.3 Å². The molecule has 0 aliphatic rings. The zero-order valence-corrected chi connectivity index (χ0v) is 10.1. The number of anilines is 1. The zero-order valence-electron chi connectivity index (χ0n) is 9.34.